The molecule has 2 aromatic rings. The van der Waals surface area contributed by atoms with Crippen LogP contribution in [0.3, 0.4) is 0 Å². The zero-order chi connectivity index (χ0) is 12.0. The van der Waals surface area contributed by atoms with E-state index in [4.69, 9.17) is 10.3 Å². The van der Waals surface area contributed by atoms with E-state index in [2.05, 4.69) is 31.1 Å². The van der Waals surface area contributed by atoms with Crippen molar-refractivity contribution >= 4 is 5.69 Å². The molecule has 0 amide bonds. The number of nitrogens with two attached hydrogens (primary N) is 1. The summed E-state index contributed by atoms with van der Waals surface area (Å²) in [6.07, 6.45) is 3.71. The molecule has 0 bridgehead atoms. The molecule has 2 N–H and O–H groups in total. The summed E-state index contributed by atoms with van der Waals surface area (Å²) in [6.45, 7) is 4.36. The van der Waals surface area contributed by atoms with Gasteiger partial charge in [-0.05, 0) is 48.9 Å². The van der Waals surface area contributed by atoms with E-state index in [9.17, 15) is 0 Å². The van der Waals surface area contributed by atoms with E-state index >= 15 is 0 Å². The summed E-state index contributed by atoms with van der Waals surface area (Å²) in [5.41, 5.74) is 13.1. The van der Waals surface area contributed by atoms with Crippen molar-refractivity contribution in [3.05, 3.63) is 46.3 Å². The van der Waals surface area contributed by atoms with Crippen LogP contribution in [0, 0.1) is 13.8 Å². The zero-order valence-electron chi connectivity index (χ0n) is 10.2. The van der Waals surface area contributed by atoms with Crippen molar-refractivity contribution in [3.63, 3.8) is 0 Å². The lowest BCUT2D eigenvalue weighted by atomic mass is 9.94. The third-order valence-corrected chi connectivity index (χ3v) is 3.92. The number of rotatable bonds is 1. The Morgan fingerprint density at radius 2 is 2.18 bits per heavy atom. The van der Waals surface area contributed by atoms with Gasteiger partial charge in [0.15, 0.2) is 0 Å². The number of fused-ring (bicyclic) bond motifs is 1. The van der Waals surface area contributed by atoms with Crippen molar-refractivity contribution in [2.45, 2.75) is 32.6 Å². The Bertz CT molecular complexity index is 572. The van der Waals surface area contributed by atoms with Crippen LogP contribution in [-0.4, -0.2) is 5.16 Å². The lowest BCUT2D eigenvalue weighted by Crippen LogP contribution is -2.01. The average molecular weight is 228 g/mol. The standard InChI is InChI=1S/C14H16N2O/c1-8-3-4-11-10(9(8)2)5-6-12(11)14-13(15)7-17-16-14/h3-4,7,12H,5-6,15H2,1-2H3. The quantitative estimate of drug-likeness (QED) is 0.816. The minimum atomic E-state index is 0.308. The van der Waals surface area contributed by atoms with E-state index < -0.39 is 0 Å². The van der Waals surface area contributed by atoms with Crippen molar-refractivity contribution in [3.8, 4) is 0 Å². The smallest absolute Gasteiger partial charge is 0.147 e. The first-order chi connectivity index (χ1) is 8.18. The highest BCUT2D eigenvalue weighted by Crippen LogP contribution is 2.41. The highest BCUT2D eigenvalue weighted by Gasteiger charge is 2.29. The first-order valence-corrected chi connectivity index (χ1v) is 5.97. The molecule has 0 spiro atoms. The molecular formula is C14H16N2O. The molecule has 1 heterocycles. The number of aryl methyl sites for hydroxylation is 1. The van der Waals surface area contributed by atoms with Crippen LogP contribution in [0.5, 0.6) is 0 Å². The normalized spacial score (nSPS) is 18.4. The topological polar surface area (TPSA) is 52.0 Å². The first-order valence-electron chi connectivity index (χ1n) is 5.97. The molecular weight excluding hydrogens is 212 g/mol. The monoisotopic (exact) mass is 228 g/mol. The molecule has 1 aliphatic rings. The molecule has 3 rings (SSSR count). The van der Waals surface area contributed by atoms with Crippen LogP contribution in [0.2, 0.25) is 0 Å². The third kappa shape index (κ3) is 1.46. The average Bonchev–Trinajstić information content (AvgIpc) is 2.89. The number of anilines is 1. The number of aromatic nitrogens is 1. The highest BCUT2D eigenvalue weighted by molar-refractivity contribution is 5.52. The van der Waals surface area contributed by atoms with Crippen LogP contribution in [-0.2, 0) is 6.42 Å². The third-order valence-electron chi connectivity index (χ3n) is 3.92. The van der Waals surface area contributed by atoms with E-state index in [-0.39, 0.29) is 0 Å². The predicted molar refractivity (Wildman–Crippen MR) is 67.0 cm³/mol. The van der Waals surface area contributed by atoms with Crippen LogP contribution in [0.15, 0.2) is 22.9 Å². The van der Waals surface area contributed by atoms with Gasteiger partial charge in [-0.25, -0.2) is 0 Å². The summed E-state index contributed by atoms with van der Waals surface area (Å²) >= 11 is 0. The van der Waals surface area contributed by atoms with Crippen molar-refractivity contribution in [2.24, 2.45) is 0 Å². The lowest BCUT2D eigenvalue weighted by molar-refractivity contribution is 0.408. The minimum Gasteiger partial charge on any atom is -0.395 e. The number of nitrogen functional groups attached to an aromatic ring is 1. The van der Waals surface area contributed by atoms with Gasteiger partial charge in [-0.1, -0.05) is 17.3 Å². The molecule has 3 heteroatoms. The van der Waals surface area contributed by atoms with E-state index in [1.165, 1.54) is 28.5 Å². The number of hydrogen-bond acceptors (Lipinski definition) is 3. The van der Waals surface area contributed by atoms with Gasteiger partial charge < -0.3 is 10.3 Å². The second-order valence-corrected chi connectivity index (χ2v) is 4.82. The Labute approximate surface area is 101 Å². The lowest BCUT2D eigenvalue weighted by Gasteiger charge is -2.11. The Balaban J connectivity index is 2.11. The molecule has 88 valence electrons. The summed E-state index contributed by atoms with van der Waals surface area (Å²) in [5.74, 6) is 0.308. The van der Waals surface area contributed by atoms with E-state index in [1.54, 1.807) is 0 Å². The SMILES string of the molecule is Cc1ccc2c(c1C)CCC2c1nocc1N. The molecule has 0 radical (unpaired) electrons. The first kappa shape index (κ1) is 10.4. The predicted octanol–water partition coefficient (Wildman–Crippen LogP) is 2.95. The molecule has 0 saturated carbocycles. The van der Waals surface area contributed by atoms with Crippen molar-refractivity contribution in [1.82, 2.24) is 5.16 Å². The zero-order valence-corrected chi connectivity index (χ0v) is 10.2. The summed E-state index contributed by atoms with van der Waals surface area (Å²) in [6, 6.07) is 4.40. The second-order valence-electron chi connectivity index (χ2n) is 4.82. The summed E-state index contributed by atoms with van der Waals surface area (Å²) < 4.78 is 4.95. The highest BCUT2D eigenvalue weighted by atomic mass is 16.5. The maximum atomic E-state index is 5.89. The summed E-state index contributed by atoms with van der Waals surface area (Å²) in [7, 11) is 0. The second kappa shape index (κ2) is 3.62. The fourth-order valence-electron chi connectivity index (χ4n) is 2.80. The maximum absolute atomic E-state index is 5.89. The Morgan fingerprint density at radius 1 is 1.35 bits per heavy atom. The van der Waals surface area contributed by atoms with Crippen molar-refractivity contribution in [1.29, 1.82) is 0 Å². The van der Waals surface area contributed by atoms with Gasteiger partial charge >= 0.3 is 0 Å². The number of hydrogen-bond donors (Lipinski definition) is 1. The largest absolute Gasteiger partial charge is 0.395 e. The van der Waals surface area contributed by atoms with Gasteiger partial charge in [0.05, 0.1) is 5.69 Å². The molecule has 0 aliphatic heterocycles. The van der Waals surface area contributed by atoms with Gasteiger partial charge in [-0.2, -0.15) is 0 Å². The van der Waals surface area contributed by atoms with E-state index in [1.807, 2.05) is 0 Å². The molecule has 1 atom stereocenters. The Kier molecular flexibility index (Phi) is 2.21. The molecule has 0 fully saturated rings. The van der Waals surface area contributed by atoms with Crippen molar-refractivity contribution < 1.29 is 4.52 Å². The number of benzene rings is 1. The molecule has 0 saturated heterocycles. The van der Waals surface area contributed by atoms with Crippen LogP contribution >= 0.6 is 0 Å². The van der Waals surface area contributed by atoms with Gasteiger partial charge in [0, 0.05) is 5.92 Å². The minimum absolute atomic E-state index is 0.308. The molecule has 3 nitrogen and oxygen atoms in total. The van der Waals surface area contributed by atoms with Gasteiger partial charge in [0.2, 0.25) is 0 Å². The van der Waals surface area contributed by atoms with E-state index in [0.29, 0.717) is 11.6 Å². The molecule has 1 unspecified atom stereocenters. The van der Waals surface area contributed by atoms with Gasteiger partial charge in [-0.15, -0.1) is 0 Å². The van der Waals surface area contributed by atoms with Crippen LogP contribution in [0.1, 0.15) is 40.3 Å². The molecule has 1 aromatic carbocycles. The van der Waals surface area contributed by atoms with Gasteiger partial charge in [0.1, 0.15) is 12.0 Å². The van der Waals surface area contributed by atoms with Crippen LogP contribution in [0.25, 0.3) is 0 Å². The van der Waals surface area contributed by atoms with Gasteiger partial charge in [-0.3, -0.25) is 0 Å². The van der Waals surface area contributed by atoms with E-state index in [0.717, 1.165) is 18.5 Å². The maximum Gasteiger partial charge on any atom is 0.147 e. The van der Waals surface area contributed by atoms with Crippen LogP contribution in [0.4, 0.5) is 5.69 Å². The Hall–Kier alpha value is -1.77. The van der Waals surface area contributed by atoms with Gasteiger partial charge in [0.25, 0.3) is 0 Å². The molecule has 1 aromatic heterocycles. The number of nitrogens with zero attached hydrogens (tertiary/aromatic N) is 1. The Morgan fingerprint density at radius 3 is 2.88 bits per heavy atom. The summed E-state index contributed by atoms with van der Waals surface area (Å²) in [5, 5.41) is 4.05. The molecule has 17 heavy (non-hydrogen) atoms. The fourth-order valence-corrected chi connectivity index (χ4v) is 2.80. The fraction of sp³-hybridized carbons (Fsp3) is 0.357. The van der Waals surface area contributed by atoms with Crippen molar-refractivity contribution in [2.75, 3.05) is 5.73 Å². The molecule has 1 aliphatic carbocycles. The summed E-state index contributed by atoms with van der Waals surface area (Å²) in [4.78, 5) is 0. The van der Waals surface area contributed by atoms with Crippen LogP contribution < -0.4 is 5.73 Å².